The van der Waals surface area contributed by atoms with Gasteiger partial charge < -0.3 is 9.80 Å². The summed E-state index contributed by atoms with van der Waals surface area (Å²) in [5, 5.41) is 0. The minimum absolute atomic E-state index is 0.119. The molecule has 2 heterocycles. The molecule has 136 valence electrons. The van der Waals surface area contributed by atoms with E-state index in [1.807, 2.05) is 17.9 Å². The predicted octanol–water partition coefficient (Wildman–Crippen LogP) is 1.98. The van der Waals surface area contributed by atoms with Crippen LogP contribution >= 0.6 is 0 Å². The van der Waals surface area contributed by atoms with E-state index in [2.05, 4.69) is 36.1 Å². The van der Waals surface area contributed by atoms with Crippen LogP contribution in [0.1, 0.15) is 32.3 Å². The zero-order valence-corrected chi connectivity index (χ0v) is 15.4. The smallest absolute Gasteiger partial charge is 0.228 e. The van der Waals surface area contributed by atoms with E-state index in [1.165, 1.54) is 5.56 Å². The standard InChI is InChI=1S/C20H29N3O2/c1-3-22-15-18(13-19(22)24)20(25)23-12-11-21(10-9-16(23)2)14-17-7-5-4-6-8-17/h4-8,16,18H,3,9-15H2,1-2H3. The third-order valence-corrected chi connectivity index (χ3v) is 5.53. The number of carbonyl (C=O) groups excluding carboxylic acids is 2. The number of carbonyl (C=O) groups is 2. The minimum Gasteiger partial charge on any atom is -0.342 e. The quantitative estimate of drug-likeness (QED) is 0.840. The van der Waals surface area contributed by atoms with Crippen molar-refractivity contribution in [3.05, 3.63) is 35.9 Å². The van der Waals surface area contributed by atoms with Gasteiger partial charge in [-0.05, 0) is 25.8 Å². The van der Waals surface area contributed by atoms with E-state index in [-0.39, 0.29) is 23.8 Å². The van der Waals surface area contributed by atoms with E-state index >= 15 is 0 Å². The first-order chi connectivity index (χ1) is 12.1. The molecular weight excluding hydrogens is 314 g/mol. The molecule has 25 heavy (non-hydrogen) atoms. The SMILES string of the molecule is CCN1CC(C(=O)N2CCN(Cc3ccccc3)CCC2C)CC1=O. The number of likely N-dealkylation sites (tertiary alicyclic amines) is 1. The molecule has 2 atom stereocenters. The van der Waals surface area contributed by atoms with Crippen LogP contribution in [-0.4, -0.2) is 65.3 Å². The molecule has 2 aliphatic heterocycles. The Morgan fingerprint density at radius 3 is 2.60 bits per heavy atom. The van der Waals surface area contributed by atoms with Crippen molar-refractivity contribution in [1.82, 2.24) is 14.7 Å². The Bertz CT molecular complexity index is 604. The summed E-state index contributed by atoms with van der Waals surface area (Å²) < 4.78 is 0. The molecule has 2 saturated heterocycles. The lowest BCUT2D eigenvalue weighted by molar-refractivity contribution is -0.137. The Kier molecular flexibility index (Phi) is 5.74. The van der Waals surface area contributed by atoms with Gasteiger partial charge >= 0.3 is 0 Å². The van der Waals surface area contributed by atoms with Crippen molar-refractivity contribution in [2.75, 3.05) is 32.7 Å². The van der Waals surface area contributed by atoms with Crippen molar-refractivity contribution in [1.29, 1.82) is 0 Å². The highest BCUT2D eigenvalue weighted by Crippen LogP contribution is 2.23. The number of nitrogens with zero attached hydrogens (tertiary/aromatic N) is 3. The summed E-state index contributed by atoms with van der Waals surface area (Å²) in [5.41, 5.74) is 1.31. The molecular formula is C20H29N3O2. The van der Waals surface area contributed by atoms with Crippen molar-refractivity contribution in [2.45, 2.75) is 39.3 Å². The molecule has 2 unspecified atom stereocenters. The van der Waals surface area contributed by atoms with Crippen molar-refractivity contribution < 1.29 is 9.59 Å². The van der Waals surface area contributed by atoms with Crippen molar-refractivity contribution >= 4 is 11.8 Å². The fourth-order valence-corrected chi connectivity index (χ4v) is 3.91. The molecule has 0 aliphatic carbocycles. The van der Waals surface area contributed by atoms with Gasteiger partial charge in [-0.2, -0.15) is 0 Å². The van der Waals surface area contributed by atoms with Gasteiger partial charge in [0.05, 0.1) is 5.92 Å². The third kappa shape index (κ3) is 4.21. The fraction of sp³-hybridized carbons (Fsp3) is 0.600. The van der Waals surface area contributed by atoms with E-state index in [4.69, 9.17) is 0 Å². The largest absolute Gasteiger partial charge is 0.342 e. The Morgan fingerprint density at radius 1 is 1.16 bits per heavy atom. The van der Waals surface area contributed by atoms with E-state index in [1.54, 1.807) is 4.90 Å². The topological polar surface area (TPSA) is 43.9 Å². The van der Waals surface area contributed by atoms with Crippen LogP contribution in [0.25, 0.3) is 0 Å². The molecule has 3 rings (SSSR count). The summed E-state index contributed by atoms with van der Waals surface area (Å²) in [4.78, 5) is 31.2. The van der Waals surface area contributed by atoms with Crippen LogP contribution in [0.15, 0.2) is 30.3 Å². The van der Waals surface area contributed by atoms with Crippen LogP contribution in [0.3, 0.4) is 0 Å². The third-order valence-electron chi connectivity index (χ3n) is 5.53. The van der Waals surface area contributed by atoms with Gasteiger partial charge in [-0.25, -0.2) is 0 Å². The monoisotopic (exact) mass is 343 g/mol. The van der Waals surface area contributed by atoms with Gasteiger partial charge in [0.25, 0.3) is 0 Å². The highest BCUT2D eigenvalue weighted by atomic mass is 16.2. The first-order valence-electron chi connectivity index (χ1n) is 9.43. The number of hydrogen-bond acceptors (Lipinski definition) is 3. The highest BCUT2D eigenvalue weighted by molar-refractivity contribution is 5.89. The second kappa shape index (κ2) is 8.00. The van der Waals surface area contributed by atoms with Crippen molar-refractivity contribution in [3.63, 3.8) is 0 Å². The maximum atomic E-state index is 13.0. The Balaban J connectivity index is 1.60. The second-order valence-corrected chi connectivity index (χ2v) is 7.26. The average molecular weight is 343 g/mol. The Hall–Kier alpha value is -1.88. The molecule has 0 saturated carbocycles. The zero-order chi connectivity index (χ0) is 17.8. The molecule has 0 radical (unpaired) electrons. The van der Waals surface area contributed by atoms with Gasteiger partial charge in [0.15, 0.2) is 0 Å². The maximum Gasteiger partial charge on any atom is 0.228 e. The molecule has 1 aromatic rings. The van der Waals surface area contributed by atoms with E-state index in [0.717, 1.165) is 32.6 Å². The van der Waals surface area contributed by atoms with E-state index in [0.29, 0.717) is 19.5 Å². The molecule has 2 fully saturated rings. The summed E-state index contributed by atoms with van der Waals surface area (Å²) >= 11 is 0. The van der Waals surface area contributed by atoms with Crippen LogP contribution in [-0.2, 0) is 16.1 Å². The number of benzene rings is 1. The van der Waals surface area contributed by atoms with Gasteiger partial charge in [-0.3, -0.25) is 14.5 Å². The van der Waals surface area contributed by atoms with Crippen LogP contribution in [0, 0.1) is 5.92 Å². The first-order valence-corrected chi connectivity index (χ1v) is 9.43. The fourth-order valence-electron chi connectivity index (χ4n) is 3.91. The molecule has 2 aliphatic rings. The van der Waals surface area contributed by atoms with Gasteiger partial charge in [0.1, 0.15) is 0 Å². The van der Waals surface area contributed by atoms with Crippen LogP contribution < -0.4 is 0 Å². The lowest BCUT2D eigenvalue weighted by Gasteiger charge is -2.29. The second-order valence-electron chi connectivity index (χ2n) is 7.26. The van der Waals surface area contributed by atoms with Crippen LogP contribution in [0.5, 0.6) is 0 Å². The summed E-state index contributed by atoms with van der Waals surface area (Å²) in [6, 6.07) is 10.7. The Labute approximate surface area is 150 Å². The molecule has 2 amide bonds. The molecule has 1 aromatic carbocycles. The van der Waals surface area contributed by atoms with E-state index in [9.17, 15) is 9.59 Å². The first kappa shape index (κ1) is 17.9. The van der Waals surface area contributed by atoms with Gasteiger partial charge in [0, 0.05) is 51.7 Å². The maximum absolute atomic E-state index is 13.0. The summed E-state index contributed by atoms with van der Waals surface area (Å²) in [6.45, 7) is 8.98. The zero-order valence-electron chi connectivity index (χ0n) is 15.4. The number of amides is 2. The van der Waals surface area contributed by atoms with Crippen molar-refractivity contribution in [2.24, 2.45) is 5.92 Å². The number of hydrogen-bond donors (Lipinski definition) is 0. The molecule has 0 N–H and O–H groups in total. The van der Waals surface area contributed by atoms with Crippen molar-refractivity contribution in [3.8, 4) is 0 Å². The molecule has 0 aromatic heterocycles. The van der Waals surface area contributed by atoms with E-state index < -0.39 is 0 Å². The average Bonchev–Trinajstić information content (AvgIpc) is 2.91. The van der Waals surface area contributed by atoms with Gasteiger partial charge in [-0.15, -0.1) is 0 Å². The van der Waals surface area contributed by atoms with Crippen LogP contribution in [0.4, 0.5) is 0 Å². The highest BCUT2D eigenvalue weighted by Gasteiger charge is 2.37. The molecule has 5 heteroatoms. The minimum atomic E-state index is -0.157. The lowest BCUT2D eigenvalue weighted by Crippen LogP contribution is -2.44. The normalized spacial score (nSPS) is 25.3. The van der Waals surface area contributed by atoms with Gasteiger partial charge in [-0.1, -0.05) is 30.3 Å². The predicted molar refractivity (Wildman–Crippen MR) is 97.9 cm³/mol. The summed E-state index contributed by atoms with van der Waals surface area (Å²) in [7, 11) is 0. The van der Waals surface area contributed by atoms with Crippen LogP contribution in [0.2, 0.25) is 0 Å². The molecule has 5 nitrogen and oxygen atoms in total. The summed E-state index contributed by atoms with van der Waals surface area (Å²) in [6.07, 6.45) is 1.36. The number of rotatable bonds is 4. The molecule has 0 spiro atoms. The molecule has 0 bridgehead atoms. The Morgan fingerprint density at radius 2 is 1.92 bits per heavy atom. The summed E-state index contributed by atoms with van der Waals surface area (Å²) in [5.74, 6) is 0.128. The van der Waals surface area contributed by atoms with Gasteiger partial charge in [0.2, 0.25) is 11.8 Å². The lowest BCUT2D eigenvalue weighted by atomic mass is 10.1.